The van der Waals surface area contributed by atoms with E-state index in [1.54, 1.807) is 0 Å². The summed E-state index contributed by atoms with van der Waals surface area (Å²) in [5, 5.41) is 3.73. The summed E-state index contributed by atoms with van der Waals surface area (Å²) < 4.78 is 33.2. The van der Waals surface area contributed by atoms with E-state index in [2.05, 4.69) is 10.1 Å². The molecular weight excluding hydrogens is 232 g/mol. The standard InChI is InChI=1S/C10H17F2N3O2/c11-8(12)7-16-6-4-9-14-10(17-15-9)3-1-2-5-13/h8H,1-7,13H2. The fraction of sp³-hybridized carbons (Fsp3) is 0.800. The van der Waals surface area contributed by atoms with E-state index in [-0.39, 0.29) is 6.61 Å². The lowest BCUT2D eigenvalue weighted by Gasteiger charge is -1.99. The van der Waals surface area contributed by atoms with E-state index >= 15 is 0 Å². The fourth-order valence-corrected chi connectivity index (χ4v) is 1.25. The molecule has 0 atom stereocenters. The van der Waals surface area contributed by atoms with Gasteiger partial charge >= 0.3 is 0 Å². The van der Waals surface area contributed by atoms with Crippen LogP contribution in [0, 0.1) is 0 Å². The van der Waals surface area contributed by atoms with Gasteiger partial charge in [-0.2, -0.15) is 4.98 Å². The third-order valence-corrected chi connectivity index (χ3v) is 2.07. The van der Waals surface area contributed by atoms with Gasteiger partial charge in [0.15, 0.2) is 5.82 Å². The van der Waals surface area contributed by atoms with E-state index < -0.39 is 13.0 Å². The highest BCUT2D eigenvalue weighted by Gasteiger charge is 2.07. The van der Waals surface area contributed by atoms with Gasteiger partial charge < -0.3 is 15.0 Å². The average molecular weight is 249 g/mol. The second kappa shape index (κ2) is 8.08. The topological polar surface area (TPSA) is 74.2 Å². The first-order chi connectivity index (χ1) is 8.22. The second-order valence-corrected chi connectivity index (χ2v) is 3.57. The van der Waals surface area contributed by atoms with Crippen molar-refractivity contribution in [2.75, 3.05) is 19.8 Å². The molecule has 7 heteroatoms. The molecule has 0 saturated heterocycles. The smallest absolute Gasteiger partial charge is 0.261 e. The molecule has 0 fully saturated rings. The number of halogens is 2. The SMILES string of the molecule is NCCCCc1nc(CCOCC(F)F)no1. The lowest BCUT2D eigenvalue weighted by Crippen LogP contribution is -2.07. The van der Waals surface area contributed by atoms with Gasteiger partial charge in [0, 0.05) is 12.8 Å². The van der Waals surface area contributed by atoms with Crippen molar-refractivity contribution in [2.45, 2.75) is 32.1 Å². The molecule has 2 N–H and O–H groups in total. The maximum atomic E-state index is 11.8. The van der Waals surface area contributed by atoms with Gasteiger partial charge in [0.2, 0.25) is 5.89 Å². The maximum Gasteiger partial charge on any atom is 0.261 e. The van der Waals surface area contributed by atoms with Crippen LogP contribution < -0.4 is 5.73 Å². The molecule has 1 aromatic heterocycles. The van der Waals surface area contributed by atoms with Gasteiger partial charge in [-0.05, 0) is 19.4 Å². The van der Waals surface area contributed by atoms with Crippen molar-refractivity contribution in [3.05, 3.63) is 11.7 Å². The molecule has 0 unspecified atom stereocenters. The lowest BCUT2D eigenvalue weighted by atomic mass is 10.2. The van der Waals surface area contributed by atoms with Crippen LogP contribution in [0.1, 0.15) is 24.6 Å². The number of unbranched alkanes of at least 4 members (excludes halogenated alkanes) is 1. The molecule has 0 spiro atoms. The van der Waals surface area contributed by atoms with Crippen LogP contribution in [0.4, 0.5) is 8.78 Å². The number of hydrogen-bond donors (Lipinski definition) is 1. The molecule has 0 aliphatic heterocycles. The van der Waals surface area contributed by atoms with Gasteiger partial charge in [-0.15, -0.1) is 0 Å². The molecule has 98 valence electrons. The van der Waals surface area contributed by atoms with Crippen LogP contribution in [-0.2, 0) is 17.6 Å². The van der Waals surface area contributed by atoms with Gasteiger partial charge in [-0.3, -0.25) is 0 Å². The van der Waals surface area contributed by atoms with Crippen LogP contribution >= 0.6 is 0 Å². The number of hydrogen-bond acceptors (Lipinski definition) is 5. The zero-order chi connectivity index (χ0) is 12.5. The highest BCUT2D eigenvalue weighted by atomic mass is 19.3. The summed E-state index contributed by atoms with van der Waals surface area (Å²) in [4.78, 5) is 4.11. The Balaban J connectivity index is 2.16. The maximum absolute atomic E-state index is 11.8. The van der Waals surface area contributed by atoms with Gasteiger partial charge in [-0.25, -0.2) is 8.78 Å². The van der Waals surface area contributed by atoms with E-state index in [0.29, 0.717) is 31.1 Å². The summed E-state index contributed by atoms with van der Waals surface area (Å²) in [7, 11) is 0. The summed E-state index contributed by atoms with van der Waals surface area (Å²) in [6.07, 6.45) is 0.455. The molecule has 0 aliphatic rings. The second-order valence-electron chi connectivity index (χ2n) is 3.57. The summed E-state index contributed by atoms with van der Waals surface area (Å²) >= 11 is 0. The Kier molecular flexibility index (Phi) is 6.64. The first-order valence-electron chi connectivity index (χ1n) is 5.59. The predicted molar refractivity (Wildman–Crippen MR) is 56.8 cm³/mol. The molecule has 5 nitrogen and oxygen atoms in total. The zero-order valence-corrected chi connectivity index (χ0v) is 9.57. The van der Waals surface area contributed by atoms with Crippen molar-refractivity contribution in [3.63, 3.8) is 0 Å². The van der Waals surface area contributed by atoms with Crippen LogP contribution in [0.25, 0.3) is 0 Å². The van der Waals surface area contributed by atoms with Crippen molar-refractivity contribution < 1.29 is 18.0 Å². The van der Waals surface area contributed by atoms with Crippen LogP contribution in [0.15, 0.2) is 4.52 Å². The van der Waals surface area contributed by atoms with Gasteiger partial charge in [0.25, 0.3) is 6.43 Å². The minimum Gasteiger partial charge on any atom is -0.375 e. The number of rotatable bonds is 9. The number of nitrogens with two attached hydrogens (primary N) is 1. The molecule has 0 amide bonds. The third kappa shape index (κ3) is 6.28. The fourth-order valence-electron chi connectivity index (χ4n) is 1.25. The molecule has 0 saturated carbocycles. The van der Waals surface area contributed by atoms with Crippen LogP contribution in [0.3, 0.4) is 0 Å². The van der Waals surface area contributed by atoms with Crippen LogP contribution in [0.2, 0.25) is 0 Å². The molecule has 1 aromatic rings. The molecule has 0 aromatic carbocycles. The van der Waals surface area contributed by atoms with E-state index in [0.717, 1.165) is 12.8 Å². The number of aromatic nitrogens is 2. The molecule has 0 aliphatic carbocycles. The first kappa shape index (κ1) is 14.0. The van der Waals surface area contributed by atoms with Gasteiger partial charge in [0.1, 0.15) is 6.61 Å². The number of alkyl halides is 2. The molecule has 1 heterocycles. The van der Waals surface area contributed by atoms with Crippen molar-refractivity contribution in [1.29, 1.82) is 0 Å². The molecule has 0 radical (unpaired) electrons. The van der Waals surface area contributed by atoms with Gasteiger partial charge in [0.05, 0.1) is 6.61 Å². The van der Waals surface area contributed by atoms with Crippen LogP contribution in [-0.4, -0.2) is 36.3 Å². The number of aryl methyl sites for hydroxylation is 1. The van der Waals surface area contributed by atoms with Crippen molar-refractivity contribution in [1.82, 2.24) is 10.1 Å². The largest absolute Gasteiger partial charge is 0.375 e. The number of ether oxygens (including phenoxy) is 1. The quantitative estimate of drug-likeness (QED) is 0.665. The lowest BCUT2D eigenvalue weighted by molar-refractivity contribution is 0.0182. The van der Waals surface area contributed by atoms with Gasteiger partial charge in [-0.1, -0.05) is 5.16 Å². The third-order valence-electron chi connectivity index (χ3n) is 2.07. The Bertz CT molecular complexity index is 307. The monoisotopic (exact) mass is 249 g/mol. The van der Waals surface area contributed by atoms with Crippen LogP contribution in [0.5, 0.6) is 0 Å². The van der Waals surface area contributed by atoms with E-state index in [4.69, 9.17) is 15.0 Å². The molecular formula is C10H17F2N3O2. The van der Waals surface area contributed by atoms with E-state index in [1.807, 2.05) is 0 Å². The minimum absolute atomic E-state index is 0.173. The Morgan fingerprint density at radius 2 is 2.12 bits per heavy atom. The van der Waals surface area contributed by atoms with Crippen molar-refractivity contribution in [3.8, 4) is 0 Å². The van der Waals surface area contributed by atoms with E-state index in [9.17, 15) is 8.78 Å². The molecule has 0 bridgehead atoms. The Hall–Kier alpha value is -1.08. The molecule has 17 heavy (non-hydrogen) atoms. The van der Waals surface area contributed by atoms with Crippen molar-refractivity contribution >= 4 is 0 Å². The average Bonchev–Trinajstić information content (AvgIpc) is 2.73. The highest BCUT2D eigenvalue weighted by molar-refractivity contribution is 4.86. The minimum atomic E-state index is -2.44. The van der Waals surface area contributed by atoms with Crippen molar-refractivity contribution in [2.24, 2.45) is 5.73 Å². The normalized spacial score (nSPS) is 11.3. The predicted octanol–water partition coefficient (Wildman–Crippen LogP) is 1.18. The highest BCUT2D eigenvalue weighted by Crippen LogP contribution is 2.03. The number of nitrogens with zero attached hydrogens (tertiary/aromatic N) is 2. The van der Waals surface area contributed by atoms with E-state index in [1.165, 1.54) is 0 Å². The summed E-state index contributed by atoms with van der Waals surface area (Å²) in [5.74, 6) is 1.05. The first-order valence-corrected chi connectivity index (χ1v) is 5.59. The Morgan fingerprint density at radius 3 is 2.82 bits per heavy atom. The Labute approximate surface area is 98.3 Å². The summed E-state index contributed by atoms with van der Waals surface area (Å²) in [6, 6.07) is 0. The Morgan fingerprint density at radius 1 is 1.29 bits per heavy atom. The summed E-state index contributed by atoms with van der Waals surface area (Å²) in [6.45, 7) is 0.260. The zero-order valence-electron chi connectivity index (χ0n) is 9.57. The molecule has 1 rings (SSSR count). The summed E-state index contributed by atoms with van der Waals surface area (Å²) in [5.41, 5.74) is 5.36.